The van der Waals surface area contributed by atoms with Crippen LogP contribution in [0, 0.1) is 5.92 Å². The Bertz CT molecular complexity index is 504. The van der Waals surface area contributed by atoms with Gasteiger partial charge in [0.15, 0.2) is 0 Å². The molecule has 0 bridgehead atoms. The van der Waals surface area contributed by atoms with Crippen LogP contribution in [0.3, 0.4) is 0 Å². The summed E-state index contributed by atoms with van der Waals surface area (Å²) in [7, 11) is 0. The van der Waals surface area contributed by atoms with Crippen LogP contribution in [0.2, 0.25) is 5.02 Å². The lowest BCUT2D eigenvalue weighted by Gasteiger charge is -2.29. The number of hydrogen-bond donors (Lipinski definition) is 2. The van der Waals surface area contributed by atoms with E-state index in [1.165, 1.54) is 0 Å². The molecule has 2 N–H and O–H groups in total. The van der Waals surface area contributed by atoms with Crippen molar-refractivity contribution in [2.75, 3.05) is 6.54 Å². The smallest absolute Gasteiger partial charge is 0.242 e. The number of rotatable bonds is 4. The summed E-state index contributed by atoms with van der Waals surface area (Å²) in [6.07, 6.45) is 1.87. The van der Waals surface area contributed by atoms with Gasteiger partial charge in [-0.3, -0.25) is 9.59 Å². The number of carbonyl (C=O) groups is 2. The first-order valence-electron chi connectivity index (χ1n) is 6.88. The number of nitrogens with one attached hydrogen (secondary N) is 2. The molecular weight excluding hydrogens is 276 g/mol. The molecule has 1 saturated heterocycles. The summed E-state index contributed by atoms with van der Waals surface area (Å²) in [5, 5.41) is 6.27. The summed E-state index contributed by atoms with van der Waals surface area (Å²) < 4.78 is 0. The Morgan fingerprint density at radius 3 is 3.00 bits per heavy atom. The van der Waals surface area contributed by atoms with E-state index in [1.807, 2.05) is 25.1 Å². The lowest BCUT2D eigenvalue weighted by molar-refractivity contribution is -0.131. The maximum atomic E-state index is 11.9. The van der Waals surface area contributed by atoms with Crippen LogP contribution < -0.4 is 10.6 Å². The highest BCUT2D eigenvalue weighted by atomic mass is 35.5. The van der Waals surface area contributed by atoms with E-state index in [9.17, 15) is 9.59 Å². The number of piperidine rings is 1. The molecule has 1 aliphatic rings. The van der Waals surface area contributed by atoms with E-state index in [2.05, 4.69) is 10.6 Å². The summed E-state index contributed by atoms with van der Waals surface area (Å²) >= 11 is 5.90. The van der Waals surface area contributed by atoms with Crippen molar-refractivity contribution < 1.29 is 9.59 Å². The summed E-state index contributed by atoms with van der Waals surface area (Å²) in [6.45, 7) is 2.68. The molecule has 0 aromatic heterocycles. The third-order valence-corrected chi connectivity index (χ3v) is 3.83. The van der Waals surface area contributed by atoms with Gasteiger partial charge in [-0.25, -0.2) is 0 Å². The number of halogens is 1. The predicted octanol–water partition coefficient (Wildman–Crippen LogP) is 1.91. The maximum Gasteiger partial charge on any atom is 0.242 e. The van der Waals surface area contributed by atoms with E-state index in [0.717, 1.165) is 12.0 Å². The summed E-state index contributed by atoms with van der Waals surface area (Å²) in [5.41, 5.74) is 1.02. The first-order chi connectivity index (χ1) is 9.56. The van der Waals surface area contributed by atoms with Crippen LogP contribution in [-0.4, -0.2) is 24.4 Å². The molecule has 1 aromatic carbocycles. The van der Waals surface area contributed by atoms with Gasteiger partial charge in [-0.1, -0.05) is 30.7 Å². The van der Waals surface area contributed by atoms with Gasteiger partial charge in [-0.15, -0.1) is 0 Å². The molecule has 1 aromatic rings. The molecule has 0 radical (unpaired) electrons. The topological polar surface area (TPSA) is 58.2 Å². The quantitative estimate of drug-likeness (QED) is 0.891. The minimum Gasteiger partial charge on any atom is -0.354 e. The summed E-state index contributed by atoms with van der Waals surface area (Å²) in [4.78, 5) is 23.7. The van der Waals surface area contributed by atoms with Gasteiger partial charge in [0.1, 0.15) is 6.04 Å². The van der Waals surface area contributed by atoms with E-state index in [-0.39, 0.29) is 17.7 Å². The monoisotopic (exact) mass is 294 g/mol. The number of hydrogen-bond acceptors (Lipinski definition) is 2. The highest BCUT2D eigenvalue weighted by molar-refractivity contribution is 6.30. The summed E-state index contributed by atoms with van der Waals surface area (Å²) in [6, 6.07) is 7.06. The number of carbonyl (C=O) groups excluding carboxylic acids is 2. The molecule has 2 rings (SSSR count). The van der Waals surface area contributed by atoms with Crippen LogP contribution in [0.1, 0.15) is 25.3 Å². The zero-order chi connectivity index (χ0) is 14.5. The molecular formula is C15H19ClN2O2. The van der Waals surface area contributed by atoms with E-state index < -0.39 is 6.04 Å². The fourth-order valence-corrected chi connectivity index (χ4v) is 2.57. The minimum atomic E-state index is -0.407. The van der Waals surface area contributed by atoms with Crippen molar-refractivity contribution in [2.45, 2.75) is 32.2 Å². The van der Waals surface area contributed by atoms with Crippen LogP contribution in [0.15, 0.2) is 24.3 Å². The second kappa shape index (κ2) is 6.75. The molecule has 108 valence electrons. The highest BCUT2D eigenvalue weighted by Crippen LogP contribution is 2.14. The number of aryl methyl sites for hydroxylation is 1. The van der Waals surface area contributed by atoms with Gasteiger partial charge in [-0.05, 0) is 36.5 Å². The average Bonchev–Trinajstić information content (AvgIpc) is 2.41. The fourth-order valence-electron chi connectivity index (χ4n) is 2.36. The molecule has 0 saturated carbocycles. The molecule has 5 heteroatoms. The molecule has 1 aliphatic heterocycles. The van der Waals surface area contributed by atoms with Gasteiger partial charge >= 0.3 is 0 Å². The Hall–Kier alpha value is -1.55. The molecule has 0 unspecified atom stereocenters. The standard InChI is InChI=1S/C15H19ClN2O2/c1-10-7-8-17-15(20)14(10)18-13(19)6-5-11-3-2-4-12(16)9-11/h2-4,9-10,14H,5-8H2,1H3,(H,17,20)(H,18,19)/t10-,14+/m1/s1. The van der Waals surface area contributed by atoms with Crippen molar-refractivity contribution >= 4 is 23.4 Å². The third-order valence-electron chi connectivity index (χ3n) is 3.60. The van der Waals surface area contributed by atoms with E-state index in [1.54, 1.807) is 6.07 Å². The zero-order valence-corrected chi connectivity index (χ0v) is 12.2. The molecule has 4 nitrogen and oxygen atoms in total. The Morgan fingerprint density at radius 2 is 2.30 bits per heavy atom. The lowest BCUT2D eigenvalue weighted by Crippen LogP contribution is -2.54. The van der Waals surface area contributed by atoms with Crippen molar-refractivity contribution in [3.05, 3.63) is 34.9 Å². The van der Waals surface area contributed by atoms with Crippen LogP contribution in [0.25, 0.3) is 0 Å². The van der Waals surface area contributed by atoms with Gasteiger partial charge in [0.25, 0.3) is 0 Å². The van der Waals surface area contributed by atoms with Crippen LogP contribution >= 0.6 is 11.6 Å². The average molecular weight is 295 g/mol. The van der Waals surface area contributed by atoms with Crippen LogP contribution in [0.5, 0.6) is 0 Å². The summed E-state index contributed by atoms with van der Waals surface area (Å²) in [5.74, 6) is -0.00222. The predicted molar refractivity (Wildman–Crippen MR) is 78.5 cm³/mol. The largest absolute Gasteiger partial charge is 0.354 e. The SMILES string of the molecule is C[C@@H]1CCNC(=O)[C@H]1NC(=O)CCc1cccc(Cl)c1. The van der Waals surface area contributed by atoms with Gasteiger partial charge < -0.3 is 10.6 Å². The molecule has 20 heavy (non-hydrogen) atoms. The molecule has 0 aliphatic carbocycles. The lowest BCUT2D eigenvalue weighted by atomic mass is 9.94. The fraction of sp³-hybridized carbons (Fsp3) is 0.467. The first-order valence-corrected chi connectivity index (χ1v) is 7.25. The first kappa shape index (κ1) is 14.9. The van der Waals surface area contributed by atoms with Crippen molar-refractivity contribution in [3.8, 4) is 0 Å². The van der Waals surface area contributed by atoms with Gasteiger partial charge in [0.2, 0.25) is 11.8 Å². The molecule has 1 fully saturated rings. The van der Waals surface area contributed by atoms with Gasteiger partial charge in [-0.2, -0.15) is 0 Å². The third kappa shape index (κ3) is 3.97. The molecule has 2 atom stereocenters. The van der Waals surface area contributed by atoms with Gasteiger partial charge in [0, 0.05) is 18.0 Å². The normalized spacial score (nSPS) is 22.2. The van der Waals surface area contributed by atoms with Crippen molar-refractivity contribution in [1.82, 2.24) is 10.6 Å². The van der Waals surface area contributed by atoms with Crippen LogP contribution in [-0.2, 0) is 16.0 Å². The number of benzene rings is 1. The Kier molecular flexibility index (Phi) is 5.01. The van der Waals surface area contributed by atoms with Crippen molar-refractivity contribution in [2.24, 2.45) is 5.92 Å². The Labute approximate surface area is 123 Å². The van der Waals surface area contributed by atoms with Crippen LogP contribution in [0.4, 0.5) is 0 Å². The maximum absolute atomic E-state index is 11.9. The zero-order valence-electron chi connectivity index (χ0n) is 11.5. The van der Waals surface area contributed by atoms with E-state index in [4.69, 9.17) is 11.6 Å². The second-order valence-corrected chi connectivity index (χ2v) is 5.67. The Morgan fingerprint density at radius 1 is 1.50 bits per heavy atom. The second-order valence-electron chi connectivity index (χ2n) is 5.23. The highest BCUT2D eigenvalue weighted by Gasteiger charge is 2.29. The Balaban J connectivity index is 1.84. The molecule has 2 amide bonds. The van der Waals surface area contributed by atoms with E-state index >= 15 is 0 Å². The molecule has 0 spiro atoms. The van der Waals surface area contributed by atoms with Gasteiger partial charge in [0.05, 0.1) is 0 Å². The minimum absolute atomic E-state index is 0.0835. The number of amides is 2. The molecule has 1 heterocycles. The van der Waals surface area contributed by atoms with Crippen molar-refractivity contribution in [1.29, 1.82) is 0 Å². The van der Waals surface area contributed by atoms with E-state index in [0.29, 0.717) is 24.4 Å². The van der Waals surface area contributed by atoms with Crippen molar-refractivity contribution in [3.63, 3.8) is 0 Å².